The van der Waals surface area contributed by atoms with Gasteiger partial charge < -0.3 is 5.32 Å². The van der Waals surface area contributed by atoms with Crippen molar-refractivity contribution in [2.45, 2.75) is 38.1 Å². The van der Waals surface area contributed by atoms with E-state index in [1.807, 2.05) is 0 Å². The van der Waals surface area contributed by atoms with E-state index < -0.39 is 0 Å². The van der Waals surface area contributed by atoms with Crippen molar-refractivity contribution < 1.29 is 9.18 Å². The third-order valence-corrected chi connectivity index (χ3v) is 4.96. The Balaban J connectivity index is 1.33. The lowest BCUT2D eigenvalue weighted by molar-refractivity contribution is -0.121. The SMILES string of the molecule is O=C(CCc1nn2c(C3CC3)nnc2s1)NCc1ccccc1F. The molecule has 1 saturated carbocycles. The molecule has 4 rings (SSSR count). The van der Waals surface area contributed by atoms with Gasteiger partial charge in [0.05, 0.1) is 0 Å². The van der Waals surface area contributed by atoms with E-state index in [1.54, 1.807) is 22.7 Å². The smallest absolute Gasteiger partial charge is 0.234 e. The highest BCUT2D eigenvalue weighted by Gasteiger charge is 2.30. The quantitative estimate of drug-likeness (QED) is 0.745. The summed E-state index contributed by atoms with van der Waals surface area (Å²) < 4.78 is 15.3. The Morgan fingerprint density at radius 2 is 2.17 bits per heavy atom. The molecule has 1 aromatic carbocycles. The van der Waals surface area contributed by atoms with Crippen molar-refractivity contribution in [3.8, 4) is 0 Å². The number of nitrogens with one attached hydrogen (secondary N) is 1. The maximum Gasteiger partial charge on any atom is 0.234 e. The fourth-order valence-electron chi connectivity index (χ4n) is 2.51. The minimum absolute atomic E-state index is 0.119. The van der Waals surface area contributed by atoms with Crippen LogP contribution >= 0.6 is 11.3 Å². The van der Waals surface area contributed by atoms with Crippen LogP contribution in [0.3, 0.4) is 0 Å². The van der Waals surface area contributed by atoms with Crippen LogP contribution in [0.1, 0.15) is 41.6 Å². The Labute approximate surface area is 141 Å². The molecule has 0 saturated heterocycles. The van der Waals surface area contributed by atoms with Crippen LogP contribution in [0.15, 0.2) is 24.3 Å². The second kappa shape index (κ2) is 6.27. The Kier molecular flexibility index (Phi) is 3.97. The van der Waals surface area contributed by atoms with E-state index in [2.05, 4.69) is 20.6 Å². The molecule has 8 heteroatoms. The second-order valence-corrected chi connectivity index (χ2v) is 6.93. The summed E-state index contributed by atoms with van der Waals surface area (Å²) in [6.45, 7) is 0.197. The van der Waals surface area contributed by atoms with E-state index >= 15 is 0 Å². The van der Waals surface area contributed by atoms with Crippen LogP contribution in [0, 0.1) is 5.82 Å². The monoisotopic (exact) mass is 345 g/mol. The van der Waals surface area contributed by atoms with E-state index in [0.29, 0.717) is 24.3 Å². The number of hydrogen-bond acceptors (Lipinski definition) is 5. The maximum atomic E-state index is 13.5. The minimum atomic E-state index is -0.306. The van der Waals surface area contributed by atoms with Crippen LogP contribution in [0.2, 0.25) is 0 Å². The van der Waals surface area contributed by atoms with Crippen LogP contribution < -0.4 is 5.32 Å². The summed E-state index contributed by atoms with van der Waals surface area (Å²) in [4.78, 5) is 12.7. The molecule has 3 aromatic rings. The van der Waals surface area contributed by atoms with Gasteiger partial charge in [-0.05, 0) is 18.9 Å². The van der Waals surface area contributed by atoms with Crippen molar-refractivity contribution in [2.24, 2.45) is 0 Å². The molecular weight excluding hydrogens is 329 g/mol. The molecule has 0 aliphatic heterocycles. The number of carbonyl (C=O) groups excluding carboxylic acids is 1. The van der Waals surface area contributed by atoms with Crippen LogP contribution in [0.25, 0.3) is 4.96 Å². The van der Waals surface area contributed by atoms with Gasteiger partial charge in [-0.25, -0.2) is 4.39 Å². The minimum Gasteiger partial charge on any atom is -0.352 e. The maximum absolute atomic E-state index is 13.5. The van der Waals surface area contributed by atoms with E-state index in [-0.39, 0.29) is 18.3 Å². The van der Waals surface area contributed by atoms with Gasteiger partial charge in [0, 0.05) is 30.9 Å². The highest BCUT2D eigenvalue weighted by atomic mass is 32.1. The van der Waals surface area contributed by atoms with E-state index in [4.69, 9.17) is 0 Å². The van der Waals surface area contributed by atoms with Crippen molar-refractivity contribution in [2.75, 3.05) is 0 Å². The predicted octanol–water partition coefficient (Wildman–Crippen LogP) is 2.45. The molecule has 2 aromatic heterocycles. The lowest BCUT2D eigenvalue weighted by atomic mass is 10.2. The first-order valence-corrected chi connectivity index (χ1v) is 8.73. The molecule has 2 heterocycles. The standard InChI is InChI=1S/C16H16FN5OS/c17-12-4-2-1-3-11(12)9-18-13(23)7-8-14-21-22-15(10-5-6-10)19-20-16(22)24-14/h1-4,10H,5-9H2,(H,18,23). The van der Waals surface area contributed by atoms with Crippen molar-refractivity contribution in [3.05, 3.63) is 46.5 Å². The fraction of sp³-hybridized carbons (Fsp3) is 0.375. The fourth-order valence-corrected chi connectivity index (χ4v) is 3.35. The Morgan fingerprint density at radius 1 is 1.33 bits per heavy atom. The zero-order valence-electron chi connectivity index (χ0n) is 12.9. The second-order valence-electron chi connectivity index (χ2n) is 5.89. The lowest BCUT2D eigenvalue weighted by Crippen LogP contribution is -2.23. The highest BCUT2D eigenvalue weighted by molar-refractivity contribution is 7.16. The summed E-state index contributed by atoms with van der Waals surface area (Å²) >= 11 is 1.46. The average Bonchev–Trinajstić information content (AvgIpc) is 3.22. The lowest BCUT2D eigenvalue weighted by Gasteiger charge is -2.05. The van der Waals surface area contributed by atoms with Crippen molar-refractivity contribution in [1.82, 2.24) is 25.1 Å². The van der Waals surface area contributed by atoms with E-state index in [9.17, 15) is 9.18 Å². The first kappa shape index (κ1) is 15.2. The molecule has 1 aliphatic carbocycles. The molecule has 0 radical (unpaired) electrons. The van der Waals surface area contributed by atoms with Crippen LogP contribution in [-0.4, -0.2) is 25.7 Å². The summed E-state index contributed by atoms with van der Waals surface area (Å²) in [6.07, 6.45) is 3.15. The van der Waals surface area contributed by atoms with Gasteiger partial charge in [0.1, 0.15) is 10.8 Å². The van der Waals surface area contributed by atoms with E-state index in [1.165, 1.54) is 17.4 Å². The largest absolute Gasteiger partial charge is 0.352 e. The average molecular weight is 345 g/mol. The number of halogens is 1. The molecule has 6 nitrogen and oxygen atoms in total. The van der Waals surface area contributed by atoms with Gasteiger partial charge in [-0.1, -0.05) is 29.5 Å². The number of amides is 1. The summed E-state index contributed by atoms with van der Waals surface area (Å²) in [6, 6.07) is 6.43. The summed E-state index contributed by atoms with van der Waals surface area (Å²) in [5, 5.41) is 16.4. The Bertz CT molecular complexity index is 886. The molecule has 24 heavy (non-hydrogen) atoms. The number of hydrogen-bond donors (Lipinski definition) is 1. The highest BCUT2D eigenvalue weighted by Crippen LogP contribution is 2.39. The topological polar surface area (TPSA) is 72.2 Å². The van der Waals surface area contributed by atoms with Crippen LogP contribution in [0.5, 0.6) is 0 Å². The number of benzene rings is 1. The Hall–Kier alpha value is -2.35. The van der Waals surface area contributed by atoms with Crippen molar-refractivity contribution in [3.63, 3.8) is 0 Å². The third kappa shape index (κ3) is 3.14. The first-order valence-electron chi connectivity index (χ1n) is 7.92. The van der Waals surface area contributed by atoms with Gasteiger partial charge in [-0.15, -0.1) is 10.2 Å². The summed E-state index contributed by atoms with van der Waals surface area (Å²) in [7, 11) is 0. The van der Waals surface area contributed by atoms with Gasteiger partial charge in [-0.3, -0.25) is 4.79 Å². The zero-order valence-corrected chi connectivity index (χ0v) is 13.7. The molecule has 0 bridgehead atoms. The number of fused-ring (bicyclic) bond motifs is 1. The van der Waals surface area contributed by atoms with Crippen molar-refractivity contribution in [1.29, 1.82) is 0 Å². The normalized spacial score (nSPS) is 14.2. The molecule has 1 fully saturated rings. The molecular formula is C16H16FN5OS. The third-order valence-electron chi connectivity index (χ3n) is 4.00. The molecule has 1 aliphatic rings. The van der Waals surface area contributed by atoms with E-state index in [0.717, 1.165) is 28.6 Å². The first-order chi connectivity index (χ1) is 11.7. The van der Waals surface area contributed by atoms with Gasteiger partial charge in [0.2, 0.25) is 10.9 Å². The van der Waals surface area contributed by atoms with Gasteiger partial charge in [-0.2, -0.15) is 9.61 Å². The molecule has 1 N–H and O–H groups in total. The van der Waals surface area contributed by atoms with Gasteiger partial charge in [0.25, 0.3) is 0 Å². The van der Waals surface area contributed by atoms with Crippen LogP contribution in [0.4, 0.5) is 4.39 Å². The molecule has 0 unspecified atom stereocenters. The summed E-state index contributed by atoms with van der Waals surface area (Å²) in [5.74, 6) is 0.987. The number of aryl methyl sites for hydroxylation is 1. The molecule has 124 valence electrons. The molecule has 1 amide bonds. The number of carbonyl (C=O) groups is 1. The summed E-state index contributed by atoms with van der Waals surface area (Å²) in [5.41, 5.74) is 0.485. The predicted molar refractivity (Wildman–Crippen MR) is 87.2 cm³/mol. The molecule has 0 spiro atoms. The van der Waals surface area contributed by atoms with Crippen molar-refractivity contribution >= 4 is 22.2 Å². The molecule has 0 atom stereocenters. The van der Waals surface area contributed by atoms with Crippen LogP contribution in [-0.2, 0) is 17.8 Å². The van der Waals surface area contributed by atoms with Gasteiger partial charge in [0.15, 0.2) is 5.82 Å². The number of nitrogens with zero attached hydrogens (tertiary/aromatic N) is 4. The Morgan fingerprint density at radius 3 is 2.96 bits per heavy atom. The number of rotatable bonds is 6. The van der Waals surface area contributed by atoms with Gasteiger partial charge >= 0.3 is 0 Å². The number of aromatic nitrogens is 4. The zero-order chi connectivity index (χ0) is 16.5.